The Balaban J connectivity index is 1.37. The fourth-order valence-corrected chi connectivity index (χ4v) is 5.82. The maximum absolute atomic E-state index is 13.7. The number of pyridine rings is 1. The molecule has 9 nitrogen and oxygen atoms in total. The number of aromatic amines is 1. The van der Waals surface area contributed by atoms with Crippen LogP contribution in [0.4, 0.5) is 5.69 Å². The molecule has 1 fully saturated rings. The van der Waals surface area contributed by atoms with E-state index >= 15 is 0 Å². The van der Waals surface area contributed by atoms with E-state index < -0.39 is 16.1 Å². The third-order valence-corrected chi connectivity index (χ3v) is 8.09. The molecule has 1 amide bonds. The number of nitrogens with one attached hydrogen (secondary N) is 2. The molecule has 10 heteroatoms. The Labute approximate surface area is 220 Å². The van der Waals surface area contributed by atoms with Gasteiger partial charge < -0.3 is 19.5 Å². The molecule has 5 rings (SSSR count). The standard InChI is InChI=1S/C28H28N4O5S/c1-37-23-9-5-8-22(19-23)31-14-16-32(17-15-31)28(34)27(20-6-3-2-4-7-20)30-38(35,36)24-11-12-25-21(18-24)10-13-26(33)29-25/h2-13,18-19,27,30H,14-17H2,1H3,(H,29,33). The maximum Gasteiger partial charge on any atom is 0.248 e. The highest BCUT2D eigenvalue weighted by atomic mass is 32.2. The molecule has 4 aromatic rings. The van der Waals surface area contributed by atoms with Crippen LogP contribution in [0.15, 0.2) is 94.6 Å². The highest BCUT2D eigenvalue weighted by Crippen LogP contribution is 2.25. The summed E-state index contributed by atoms with van der Waals surface area (Å²) in [6.07, 6.45) is 0. The van der Waals surface area contributed by atoms with Crippen molar-refractivity contribution in [2.45, 2.75) is 10.9 Å². The molecule has 1 unspecified atom stereocenters. The summed E-state index contributed by atoms with van der Waals surface area (Å²) in [6.45, 7) is 2.11. The van der Waals surface area contributed by atoms with E-state index in [9.17, 15) is 18.0 Å². The van der Waals surface area contributed by atoms with Gasteiger partial charge in [0.15, 0.2) is 0 Å². The van der Waals surface area contributed by atoms with Crippen molar-refractivity contribution in [2.24, 2.45) is 0 Å². The molecule has 1 aliphatic rings. The average Bonchev–Trinajstić information content (AvgIpc) is 2.96. The lowest BCUT2D eigenvalue weighted by molar-refractivity contribution is -0.133. The van der Waals surface area contributed by atoms with Crippen molar-refractivity contribution in [3.8, 4) is 5.75 Å². The Kier molecular flexibility index (Phi) is 7.17. The van der Waals surface area contributed by atoms with Crippen LogP contribution in [0.3, 0.4) is 0 Å². The van der Waals surface area contributed by atoms with Gasteiger partial charge in [-0.05, 0) is 47.3 Å². The first-order valence-corrected chi connectivity index (χ1v) is 13.7. The number of carbonyl (C=O) groups excluding carboxylic acids is 1. The zero-order valence-corrected chi connectivity index (χ0v) is 21.6. The summed E-state index contributed by atoms with van der Waals surface area (Å²) in [5, 5.41) is 0.573. The predicted octanol–water partition coefficient (Wildman–Crippen LogP) is 2.91. The number of hydrogen-bond donors (Lipinski definition) is 2. The van der Waals surface area contributed by atoms with Gasteiger partial charge >= 0.3 is 0 Å². The molecule has 1 aromatic heterocycles. The number of sulfonamides is 1. The van der Waals surface area contributed by atoms with Gasteiger partial charge in [-0.3, -0.25) is 9.59 Å². The van der Waals surface area contributed by atoms with Gasteiger partial charge in [0.2, 0.25) is 21.5 Å². The monoisotopic (exact) mass is 532 g/mol. The van der Waals surface area contributed by atoms with Crippen molar-refractivity contribution in [3.05, 3.63) is 101 Å². The molecule has 2 heterocycles. The number of rotatable bonds is 7. The van der Waals surface area contributed by atoms with Gasteiger partial charge in [-0.15, -0.1) is 0 Å². The minimum absolute atomic E-state index is 0.00799. The van der Waals surface area contributed by atoms with E-state index in [0.29, 0.717) is 42.6 Å². The van der Waals surface area contributed by atoms with Gasteiger partial charge in [0.05, 0.1) is 12.0 Å². The van der Waals surface area contributed by atoms with Crippen molar-refractivity contribution in [2.75, 3.05) is 38.2 Å². The molecular formula is C28H28N4O5S. The summed E-state index contributed by atoms with van der Waals surface area (Å²) in [5.41, 5.74) is 1.82. The first-order chi connectivity index (χ1) is 18.3. The SMILES string of the molecule is COc1cccc(N2CCN(C(=O)C(NS(=O)(=O)c3ccc4[nH]c(=O)ccc4c3)c3ccccc3)CC2)c1. The first-order valence-electron chi connectivity index (χ1n) is 12.2. The molecule has 0 spiro atoms. The van der Waals surface area contributed by atoms with E-state index in [-0.39, 0.29) is 16.4 Å². The maximum atomic E-state index is 13.7. The number of amides is 1. The summed E-state index contributed by atoms with van der Waals surface area (Å²) in [6, 6.07) is 22.9. The smallest absolute Gasteiger partial charge is 0.248 e. The number of fused-ring (bicyclic) bond motifs is 1. The molecule has 1 saturated heterocycles. The van der Waals surface area contributed by atoms with Crippen molar-refractivity contribution >= 4 is 32.5 Å². The number of hydrogen-bond acceptors (Lipinski definition) is 6. The molecule has 0 aliphatic carbocycles. The van der Waals surface area contributed by atoms with Crippen LogP contribution in [0.1, 0.15) is 11.6 Å². The summed E-state index contributed by atoms with van der Waals surface area (Å²) in [5.74, 6) is 0.454. The minimum Gasteiger partial charge on any atom is -0.497 e. The zero-order chi connectivity index (χ0) is 26.7. The van der Waals surface area contributed by atoms with E-state index in [1.165, 1.54) is 18.2 Å². The molecular weight excluding hydrogens is 504 g/mol. The second-order valence-corrected chi connectivity index (χ2v) is 10.8. The van der Waals surface area contributed by atoms with E-state index in [1.807, 2.05) is 30.3 Å². The van der Waals surface area contributed by atoms with E-state index in [4.69, 9.17) is 4.74 Å². The van der Waals surface area contributed by atoms with Crippen LogP contribution in [0.5, 0.6) is 5.75 Å². The van der Waals surface area contributed by atoms with Crippen molar-refractivity contribution < 1.29 is 17.9 Å². The average molecular weight is 533 g/mol. The third-order valence-electron chi connectivity index (χ3n) is 6.67. The Morgan fingerprint density at radius 1 is 0.921 bits per heavy atom. The number of benzene rings is 3. The summed E-state index contributed by atoms with van der Waals surface area (Å²) < 4.78 is 34.8. The van der Waals surface area contributed by atoms with E-state index in [2.05, 4.69) is 14.6 Å². The molecule has 196 valence electrons. The second-order valence-electron chi connectivity index (χ2n) is 9.05. The topological polar surface area (TPSA) is 112 Å². The molecule has 1 atom stereocenters. The summed E-state index contributed by atoms with van der Waals surface area (Å²) in [7, 11) is -2.44. The molecule has 3 aromatic carbocycles. The van der Waals surface area contributed by atoms with Crippen LogP contribution in [0, 0.1) is 0 Å². The number of H-pyrrole nitrogens is 1. The van der Waals surface area contributed by atoms with Crippen LogP contribution in [-0.4, -0.2) is 57.5 Å². The van der Waals surface area contributed by atoms with Gasteiger partial charge in [-0.1, -0.05) is 36.4 Å². The van der Waals surface area contributed by atoms with Gasteiger partial charge in [-0.25, -0.2) is 8.42 Å². The first kappa shape index (κ1) is 25.5. The van der Waals surface area contributed by atoms with E-state index in [1.54, 1.807) is 48.4 Å². The normalized spacial score (nSPS) is 14.9. The summed E-state index contributed by atoms with van der Waals surface area (Å²) >= 11 is 0. The highest BCUT2D eigenvalue weighted by Gasteiger charge is 2.32. The van der Waals surface area contributed by atoms with Crippen LogP contribution >= 0.6 is 0 Å². The predicted molar refractivity (Wildman–Crippen MR) is 146 cm³/mol. The summed E-state index contributed by atoms with van der Waals surface area (Å²) in [4.78, 5) is 31.9. The fraction of sp³-hybridized carbons (Fsp3) is 0.214. The number of anilines is 1. The fourth-order valence-electron chi connectivity index (χ4n) is 4.60. The van der Waals surface area contributed by atoms with Crippen molar-refractivity contribution in [1.29, 1.82) is 0 Å². The molecule has 2 N–H and O–H groups in total. The quantitative estimate of drug-likeness (QED) is 0.379. The lowest BCUT2D eigenvalue weighted by atomic mass is 10.1. The van der Waals surface area contributed by atoms with Crippen LogP contribution in [-0.2, 0) is 14.8 Å². The number of nitrogens with zero attached hydrogens (tertiary/aromatic N) is 2. The highest BCUT2D eigenvalue weighted by molar-refractivity contribution is 7.89. The van der Waals surface area contributed by atoms with Crippen LogP contribution < -0.4 is 19.9 Å². The number of carbonyl (C=O) groups is 1. The Morgan fingerprint density at radius 3 is 2.42 bits per heavy atom. The van der Waals surface area contributed by atoms with E-state index in [0.717, 1.165) is 11.4 Å². The molecule has 0 radical (unpaired) electrons. The minimum atomic E-state index is -4.07. The Bertz CT molecular complexity index is 1610. The molecule has 1 aliphatic heterocycles. The largest absolute Gasteiger partial charge is 0.497 e. The van der Waals surface area contributed by atoms with Gasteiger partial charge in [0.1, 0.15) is 11.8 Å². The number of methoxy groups -OCH3 is 1. The third kappa shape index (κ3) is 5.41. The van der Waals surface area contributed by atoms with Crippen molar-refractivity contribution in [3.63, 3.8) is 0 Å². The Morgan fingerprint density at radius 2 is 1.68 bits per heavy atom. The number of aromatic nitrogens is 1. The Hall–Kier alpha value is -4.15. The second kappa shape index (κ2) is 10.7. The lowest BCUT2D eigenvalue weighted by Gasteiger charge is -2.37. The molecule has 0 saturated carbocycles. The lowest BCUT2D eigenvalue weighted by Crippen LogP contribution is -2.52. The van der Waals surface area contributed by atoms with Gasteiger partial charge in [0, 0.05) is 49.5 Å². The zero-order valence-electron chi connectivity index (χ0n) is 20.8. The van der Waals surface area contributed by atoms with Crippen molar-refractivity contribution in [1.82, 2.24) is 14.6 Å². The number of piperazine rings is 1. The molecule has 38 heavy (non-hydrogen) atoms. The van der Waals surface area contributed by atoms with Gasteiger partial charge in [-0.2, -0.15) is 4.72 Å². The number of ether oxygens (including phenoxy) is 1. The molecule has 0 bridgehead atoms. The van der Waals surface area contributed by atoms with Crippen LogP contribution in [0.2, 0.25) is 0 Å². The van der Waals surface area contributed by atoms with Gasteiger partial charge in [0.25, 0.3) is 0 Å². The van der Waals surface area contributed by atoms with Crippen LogP contribution in [0.25, 0.3) is 10.9 Å².